The summed E-state index contributed by atoms with van der Waals surface area (Å²) >= 11 is 10.7. The van der Waals surface area contributed by atoms with E-state index in [-0.39, 0.29) is 56.8 Å². The zero-order chi connectivity index (χ0) is 9.97. The minimum atomic E-state index is 0. The van der Waals surface area contributed by atoms with Gasteiger partial charge in [-0.1, -0.05) is 42.2 Å². The van der Waals surface area contributed by atoms with Crippen molar-refractivity contribution in [3.05, 3.63) is 30.3 Å². The molecule has 0 saturated carbocycles. The molecule has 2 rings (SSSR count). The number of thiocarbonyl (C=S) groups is 1. The number of rotatable bonds is 2. The van der Waals surface area contributed by atoms with Crippen molar-refractivity contribution in [1.82, 2.24) is 0 Å². The molecule has 0 aliphatic carbocycles. The van der Waals surface area contributed by atoms with Gasteiger partial charge in [0.2, 0.25) is 0 Å². The molecule has 1 unspecified atom stereocenters. The van der Waals surface area contributed by atoms with Crippen LogP contribution in [0.4, 0.5) is 5.69 Å². The SMILES string of the molecule is S=CC1SC(S)=NN1c1ccccc1.[KH]. The molecule has 0 aromatic heterocycles. The molecule has 0 spiro atoms. The van der Waals surface area contributed by atoms with Crippen LogP contribution in [0.3, 0.4) is 0 Å². The van der Waals surface area contributed by atoms with E-state index < -0.39 is 0 Å². The molecular formula is C9H9KN2S3. The van der Waals surface area contributed by atoms with Crippen molar-refractivity contribution >= 4 is 103 Å². The van der Waals surface area contributed by atoms with E-state index in [1.807, 2.05) is 35.3 Å². The Balaban J connectivity index is 0.00000112. The van der Waals surface area contributed by atoms with E-state index in [1.165, 1.54) is 0 Å². The van der Waals surface area contributed by atoms with Crippen molar-refractivity contribution in [2.45, 2.75) is 5.37 Å². The first kappa shape index (κ1) is 14.2. The van der Waals surface area contributed by atoms with Crippen molar-refractivity contribution in [3.8, 4) is 0 Å². The van der Waals surface area contributed by atoms with Gasteiger partial charge in [-0.25, -0.2) is 5.01 Å². The van der Waals surface area contributed by atoms with Crippen LogP contribution < -0.4 is 5.01 Å². The molecule has 0 N–H and O–H groups in total. The van der Waals surface area contributed by atoms with Crippen LogP contribution in [-0.4, -0.2) is 66.5 Å². The fourth-order valence-electron chi connectivity index (χ4n) is 1.20. The van der Waals surface area contributed by atoms with E-state index >= 15 is 0 Å². The Kier molecular flexibility index (Phi) is 6.39. The third-order valence-electron chi connectivity index (χ3n) is 1.80. The number of thiol groups is 1. The number of hydrogen-bond acceptors (Lipinski definition) is 4. The molecule has 15 heavy (non-hydrogen) atoms. The fraction of sp³-hybridized carbons (Fsp3) is 0.111. The predicted molar refractivity (Wildman–Crippen MR) is 77.5 cm³/mol. The second kappa shape index (κ2) is 6.76. The molecule has 1 atom stereocenters. The van der Waals surface area contributed by atoms with Gasteiger partial charge >= 0.3 is 51.4 Å². The van der Waals surface area contributed by atoms with Crippen molar-refractivity contribution in [2.75, 3.05) is 5.01 Å². The number of thioether (sulfide) groups is 1. The van der Waals surface area contributed by atoms with Crippen LogP contribution in [0.5, 0.6) is 0 Å². The maximum atomic E-state index is 4.95. The molecule has 0 saturated heterocycles. The number of hydrogen-bond donors (Lipinski definition) is 1. The Morgan fingerprint density at radius 2 is 2.07 bits per heavy atom. The van der Waals surface area contributed by atoms with E-state index in [2.05, 4.69) is 17.7 Å². The summed E-state index contributed by atoms with van der Waals surface area (Å²) in [6.07, 6.45) is 0. The summed E-state index contributed by atoms with van der Waals surface area (Å²) in [5.41, 5.74) is 1.04. The van der Waals surface area contributed by atoms with E-state index in [0.717, 1.165) is 10.1 Å². The van der Waals surface area contributed by atoms with Gasteiger partial charge in [0.1, 0.15) is 9.75 Å². The molecule has 0 amide bonds. The molecule has 2 nitrogen and oxygen atoms in total. The topological polar surface area (TPSA) is 15.6 Å². The molecule has 0 fully saturated rings. The Bertz CT molecular complexity index is 369. The third-order valence-corrected chi connectivity index (χ3v) is 3.50. The number of para-hydroxylation sites is 1. The predicted octanol–water partition coefficient (Wildman–Crippen LogP) is 2.12. The first-order valence-electron chi connectivity index (χ1n) is 4.05. The average molecular weight is 280 g/mol. The van der Waals surface area contributed by atoms with Gasteiger partial charge in [0.15, 0.2) is 0 Å². The van der Waals surface area contributed by atoms with Crippen LogP contribution in [0.2, 0.25) is 0 Å². The van der Waals surface area contributed by atoms with Gasteiger partial charge in [0.25, 0.3) is 0 Å². The Labute approximate surface area is 147 Å². The Morgan fingerprint density at radius 1 is 1.40 bits per heavy atom. The van der Waals surface area contributed by atoms with Gasteiger partial charge in [0.05, 0.1) is 5.69 Å². The van der Waals surface area contributed by atoms with E-state index in [4.69, 9.17) is 12.2 Å². The van der Waals surface area contributed by atoms with E-state index in [0.29, 0.717) is 0 Å². The van der Waals surface area contributed by atoms with Gasteiger partial charge < -0.3 is 0 Å². The van der Waals surface area contributed by atoms with Crippen LogP contribution in [0.25, 0.3) is 0 Å². The molecule has 1 aromatic carbocycles. The summed E-state index contributed by atoms with van der Waals surface area (Å²) in [5, 5.41) is 7.95. The summed E-state index contributed by atoms with van der Waals surface area (Å²) in [4.78, 5) is 0. The Hall–Kier alpha value is 1.12. The van der Waals surface area contributed by atoms with Crippen molar-refractivity contribution in [2.24, 2.45) is 5.10 Å². The van der Waals surface area contributed by atoms with Crippen molar-refractivity contribution in [3.63, 3.8) is 0 Å². The zero-order valence-electron chi connectivity index (χ0n) is 7.20. The standard InChI is InChI=1S/C9H8N2S3.K.H/c12-6-8-11(10-9(13)14-8)7-4-2-1-3-5-7;;/h1-6,8H,(H,10,13);;. The van der Waals surface area contributed by atoms with E-state index in [1.54, 1.807) is 17.1 Å². The molecule has 74 valence electrons. The second-order valence-corrected chi connectivity index (χ2v) is 4.81. The van der Waals surface area contributed by atoms with Gasteiger partial charge in [0, 0.05) is 5.37 Å². The Morgan fingerprint density at radius 3 is 2.67 bits per heavy atom. The molecular weight excluding hydrogens is 271 g/mol. The quantitative estimate of drug-likeness (QED) is 0.508. The van der Waals surface area contributed by atoms with Crippen LogP contribution in [0, 0.1) is 0 Å². The van der Waals surface area contributed by atoms with Crippen LogP contribution in [0.15, 0.2) is 35.4 Å². The molecule has 0 radical (unpaired) electrons. The minimum absolute atomic E-state index is 0. The van der Waals surface area contributed by atoms with Crippen LogP contribution in [-0.2, 0) is 0 Å². The zero-order valence-corrected chi connectivity index (χ0v) is 9.73. The molecule has 6 heteroatoms. The fourth-order valence-corrected chi connectivity index (χ4v) is 2.58. The number of anilines is 1. The molecule has 1 aliphatic heterocycles. The monoisotopic (exact) mass is 280 g/mol. The normalized spacial score (nSPS) is 19.4. The molecule has 1 heterocycles. The number of benzene rings is 1. The number of hydrazone groups is 1. The molecule has 1 aliphatic rings. The first-order valence-corrected chi connectivity index (χ1v) is 5.85. The molecule has 1 aromatic rings. The van der Waals surface area contributed by atoms with Gasteiger partial charge in [-0.05, 0) is 12.1 Å². The summed E-state index contributed by atoms with van der Waals surface area (Å²) < 4.78 is 0.750. The summed E-state index contributed by atoms with van der Waals surface area (Å²) in [6.45, 7) is 0. The van der Waals surface area contributed by atoms with Crippen LogP contribution in [0.1, 0.15) is 0 Å². The summed E-state index contributed by atoms with van der Waals surface area (Å²) in [6, 6.07) is 9.94. The first-order chi connectivity index (χ1) is 6.81. The van der Waals surface area contributed by atoms with Gasteiger partial charge in [-0.2, -0.15) is 5.10 Å². The summed E-state index contributed by atoms with van der Waals surface area (Å²) in [7, 11) is 0. The van der Waals surface area contributed by atoms with Gasteiger partial charge in [-0.3, -0.25) is 0 Å². The van der Waals surface area contributed by atoms with Crippen molar-refractivity contribution in [1.29, 1.82) is 0 Å². The third kappa shape index (κ3) is 3.54. The second-order valence-electron chi connectivity index (χ2n) is 2.71. The van der Waals surface area contributed by atoms with Gasteiger partial charge in [-0.15, -0.1) is 12.6 Å². The number of nitrogens with zero attached hydrogens (tertiary/aromatic N) is 2. The van der Waals surface area contributed by atoms with Crippen LogP contribution >= 0.6 is 36.6 Å². The summed E-state index contributed by atoms with van der Waals surface area (Å²) in [5.74, 6) is 0. The van der Waals surface area contributed by atoms with Crippen molar-refractivity contribution < 1.29 is 0 Å². The molecule has 0 bridgehead atoms. The average Bonchev–Trinajstić information content (AvgIpc) is 2.61. The van der Waals surface area contributed by atoms with E-state index in [9.17, 15) is 0 Å². The maximum absolute atomic E-state index is 4.95.